The van der Waals surface area contributed by atoms with E-state index in [2.05, 4.69) is 15.5 Å². The van der Waals surface area contributed by atoms with E-state index in [1.807, 2.05) is 19.1 Å². The molecule has 0 aliphatic carbocycles. The Morgan fingerprint density at radius 2 is 1.96 bits per heavy atom. The summed E-state index contributed by atoms with van der Waals surface area (Å²) in [6, 6.07) is 8.73. The number of nitrogens with one attached hydrogen (secondary N) is 2. The van der Waals surface area contributed by atoms with Gasteiger partial charge in [0.2, 0.25) is 0 Å². The van der Waals surface area contributed by atoms with Gasteiger partial charge < -0.3 is 20.0 Å². The van der Waals surface area contributed by atoms with Gasteiger partial charge in [-0.1, -0.05) is 6.92 Å². The van der Waals surface area contributed by atoms with Crippen LogP contribution >= 0.6 is 0 Å². The number of amides is 2. The normalized spacial score (nSPS) is 13.7. The Balaban J connectivity index is 1.85. The monoisotopic (exact) mass is 341 g/mol. The van der Waals surface area contributed by atoms with Crippen LogP contribution in [0.4, 0.5) is 11.4 Å². The number of rotatable bonds is 6. The summed E-state index contributed by atoms with van der Waals surface area (Å²) in [5.41, 5.74) is 2.08. The molecule has 0 saturated carbocycles. The lowest BCUT2D eigenvalue weighted by atomic mass is 10.1. The minimum atomic E-state index is -0.334. The SMILES string of the molecule is CCCNC(=O)c1cc(NC(=O)c2ccco2)ccc1N1CCCC1. The molecule has 2 heterocycles. The predicted octanol–water partition coefficient (Wildman–Crippen LogP) is 3.27. The van der Waals surface area contributed by atoms with Crippen molar-refractivity contribution in [1.29, 1.82) is 0 Å². The smallest absolute Gasteiger partial charge is 0.291 e. The zero-order chi connectivity index (χ0) is 17.6. The second-order valence-corrected chi connectivity index (χ2v) is 6.11. The molecule has 1 aliphatic heterocycles. The van der Waals surface area contributed by atoms with Crippen LogP contribution in [0, 0.1) is 0 Å². The number of hydrogen-bond acceptors (Lipinski definition) is 4. The molecule has 1 fully saturated rings. The fraction of sp³-hybridized carbons (Fsp3) is 0.368. The molecule has 1 aromatic heterocycles. The molecule has 6 nitrogen and oxygen atoms in total. The third kappa shape index (κ3) is 4.02. The van der Waals surface area contributed by atoms with Crippen LogP contribution in [0.1, 0.15) is 47.1 Å². The van der Waals surface area contributed by atoms with Crippen molar-refractivity contribution in [3.63, 3.8) is 0 Å². The van der Waals surface area contributed by atoms with E-state index in [-0.39, 0.29) is 17.6 Å². The van der Waals surface area contributed by atoms with Crippen molar-refractivity contribution in [1.82, 2.24) is 5.32 Å². The molecule has 132 valence electrons. The molecule has 0 radical (unpaired) electrons. The van der Waals surface area contributed by atoms with Crippen molar-refractivity contribution in [2.24, 2.45) is 0 Å². The average Bonchev–Trinajstić information content (AvgIpc) is 3.32. The molecule has 1 aliphatic rings. The first-order valence-electron chi connectivity index (χ1n) is 8.71. The van der Waals surface area contributed by atoms with Gasteiger partial charge in [-0.25, -0.2) is 0 Å². The van der Waals surface area contributed by atoms with Crippen LogP contribution in [0.5, 0.6) is 0 Å². The molecule has 3 rings (SSSR count). The standard InChI is InChI=1S/C19H23N3O3/c1-2-9-20-18(23)15-13-14(21-19(24)17-6-5-12-25-17)7-8-16(15)22-10-3-4-11-22/h5-8,12-13H,2-4,9-11H2,1H3,(H,20,23)(H,21,24). The van der Waals surface area contributed by atoms with Crippen molar-refractivity contribution in [3.8, 4) is 0 Å². The molecule has 0 atom stereocenters. The molecule has 2 amide bonds. The Kier molecular flexibility index (Phi) is 5.38. The van der Waals surface area contributed by atoms with Crippen molar-refractivity contribution in [2.45, 2.75) is 26.2 Å². The zero-order valence-corrected chi connectivity index (χ0v) is 14.4. The highest BCUT2D eigenvalue weighted by molar-refractivity contribution is 6.05. The van der Waals surface area contributed by atoms with Crippen LogP contribution in [0.25, 0.3) is 0 Å². The van der Waals surface area contributed by atoms with E-state index in [1.54, 1.807) is 18.2 Å². The first-order chi connectivity index (χ1) is 12.2. The second-order valence-electron chi connectivity index (χ2n) is 6.11. The van der Waals surface area contributed by atoms with E-state index >= 15 is 0 Å². The first-order valence-corrected chi connectivity index (χ1v) is 8.71. The summed E-state index contributed by atoms with van der Waals surface area (Å²) in [4.78, 5) is 27.0. The second kappa shape index (κ2) is 7.88. The lowest BCUT2D eigenvalue weighted by Crippen LogP contribution is -2.28. The maximum Gasteiger partial charge on any atom is 0.291 e. The number of anilines is 2. The molecule has 0 bridgehead atoms. The quantitative estimate of drug-likeness (QED) is 0.846. The minimum absolute atomic E-state index is 0.113. The number of furan rings is 1. The van der Waals surface area contributed by atoms with Gasteiger partial charge in [0, 0.05) is 31.0 Å². The maximum atomic E-state index is 12.6. The molecule has 6 heteroatoms. The van der Waals surface area contributed by atoms with E-state index in [0.29, 0.717) is 17.8 Å². The van der Waals surface area contributed by atoms with E-state index < -0.39 is 0 Å². The summed E-state index contributed by atoms with van der Waals surface area (Å²) in [6.45, 7) is 4.54. The van der Waals surface area contributed by atoms with Crippen molar-refractivity contribution in [3.05, 3.63) is 47.9 Å². The first kappa shape index (κ1) is 17.1. The zero-order valence-electron chi connectivity index (χ0n) is 14.4. The Morgan fingerprint density at radius 1 is 1.16 bits per heavy atom. The summed E-state index contributed by atoms with van der Waals surface area (Å²) in [5.74, 6) is -0.211. The number of hydrogen-bond donors (Lipinski definition) is 2. The summed E-state index contributed by atoms with van der Waals surface area (Å²) >= 11 is 0. The number of nitrogens with zero attached hydrogens (tertiary/aromatic N) is 1. The topological polar surface area (TPSA) is 74.6 Å². The Bertz CT molecular complexity index is 734. The Hall–Kier alpha value is -2.76. The number of carbonyl (C=O) groups excluding carboxylic acids is 2. The van der Waals surface area contributed by atoms with Gasteiger partial charge in [0.05, 0.1) is 11.8 Å². The van der Waals surface area contributed by atoms with Gasteiger partial charge >= 0.3 is 0 Å². The maximum absolute atomic E-state index is 12.6. The van der Waals surface area contributed by atoms with Gasteiger partial charge in [0.15, 0.2) is 5.76 Å². The average molecular weight is 341 g/mol. The lowest BCUT2D eigenvalue weighted by molar-refractivity contribution is 0.0952. The molecule has 2 N–H and O–H groups in total. The van der Waals surface area contributed by atoms with Crippen LogP contribution in [0.3, 0.4) is 0 Å². The molecule has 0 unspecified atom stereocenters. The Morgan fingerprint density at radius 3 is 2.64 bits per heavy atom. The number of benzene rings is 1. The van der Waals surface area contributed by atoms with Crippen LogP contribution in [0.2, 0.25) is 0 Å². The van der Waals surface area contributed by atoms with Crippen LogP contribution in [-0.4, -0.2) is 31.4 Å². The molecular weight excluding hydrogens is 318 g/mol. The molecule has 1 saturated heterocycles. The number of carbonyl (C=O) groups is 2. The molecular formula is C19H23N3O3. The molecule has 25 heavy (non-hydrogen) atoms. The summed E-state index contributed by atoms with van der Waals surface area (Å²) in [6.07, 6.45) is 4.59. The van der Waals surface area contributed by atoms with Gasteiger partial charge in [-0.3, -0.25) is 9.59 Å². The third-order valence-electron chi connectivity index (χ3n) is 4.23. The Labute approximate surface area is 147 Å². The molecule has 2 aromatic rings. The minimum Gasteiger partial charge on any atom is -0.459 e. The summed E-state index contributed by atoms with van der Waals surface area (Å²) in [5, 5.41) is 5.71. The molecule has 1 aromatic carbocycles. The van der Waals surface area contributed by atoms with Gasteiger partial charge in [-0.15, -0.1) is 0 Å². The fourth-order valence-electron chi connectivity index (χ4n) is 2.96. The van der Waals surface area contributed by atoms with Gasteiger partial charge in [0.25, 0.3) is 11.8 Å². The lowest BCUT2D eigenvalue weighted by Gasteiger charge is -2.22. The summed E-state index contributed by atoms with van der Waals surface area (Å²) < 4.78 is 5.10. The largest absolute Gasteiger partial charge is 0.459 e. The fourth-order valence-corrected chi connectivity index (χ4v) is 2.96. The van der Waals surface area contributed by atoms with Gasteiger partial charge in [-0.2, -0.15) is 0 Å². The van der Waals surface area contributed by atoms with Crippen LogP contribution < -0.4 is 15.5 Å². The highest BCUT2D eigenvalue weighted by atomic mass is 16.3. The van der Waals surface area contributed by atoms with Crippen molar-refractivity contribution in [2.75, 3.05) is 29.9 Å². The van der Waals surface area contributed by atoms with Crippen LogP contribution in [-0.2, 0) is 0 Å². The summed E-state index contributed by atoms with van der Waals surface area (Å²) in [7, 11) is 0. The van der Waals surface area contributed by atoms with E-state index in [1.165, 1.54) is 6.26 Å². The van der Waals surface area contributed by atoms with E-state index in [4.69, 9.17) is 4.42 Å². The predicted molar refractivity (Wildman–Crippen MR) is 97.2 cm³/mol. The molecule has 0 spiro atoms. The van der Waals surface area contributed by atoms with Crippen molar-refractivity contribution >= 4 is 23.2 Å². The van der Waals surface area contributed by atoms with Gasteiger partial charge in [0.1, 0.15) is 0 Å². The van der Waals surface area contributed by atoms with Gasteiger partial charge in [-0.05, 0) is 49.6 Å². The van der Waals surface area contributed by atoms with Crippen molar-refractivity contribution < 1.29 is 14.0 Å². The highest BCUT2D eigenvalue weighted by Crippen LogP contribution is 2.27. The third-order valence-corrected chi connectivity index (χ3v) is 4.23. The van der Waals surface area contributed by atoms with Crippen LogP contribution in [0.15, 0.2) is 41.0 Å². The van der Waals surface area contributed by atoms with E-state index in [9.17, 15) is 9.59 Å². The highest BCUT2D eigenvalue weighted by Gasteiger charge is 2.20. The van der Waals surface area contributed by atoms with E-state index in [0.717, 1.165) is 38.0 Å².